The number of amides is 1. The van der Waals surface area contributed by atoms with Crippen LogP contribution in [0.3, 0.4) is 0 Å². The highest BCUT2D eigenvalue weighted by molar-refractivity contribution is 7.92. The summed E-state index contributed by atoms with van der Waals surface area (Å²) in [5.74, 6) is -0.504. The first kappa shape index (κ1) is 15.8. The van der Waals surface area contributed by atoms with E-state index in [9.17, 15) is 13.2 Å². The zero-order valence-corrected chi connectivity index (χ0v) is 12.7. The summed E-state index contributed by atoms with van der Waals surface area (Å²) in [5.41, 5.74) is 6.72. The lowest BCUT2D eigenvalue weighted by atomic mass is 10.2. The van der Waals surface area contributed by atoms with Gasteiger partial charge < -0.3 is 15.8 Å². The highest BCUT2D eigenvalue weighted by Gasteiger charge is 2.35. The first-order valence-corrected chi connectivity index (χ1v) is 8.58. The molecule has 0 aromatic heterocycles. The molecule has 1 aromatic carbocycles. The molecule has 21 heavy (non-hydrogen) atoms. The third kappa shape index (κ3) is 4.18. The van der Waals surface area contributed by atoms with Gasteiger partial charge in [0, 0.05) is 24.4 Å². The van der Waals surface area contributed by atoms with Crippen LogP contribution in [0.2, 0.25) is 0 Å². The molecule has 2 unspecified atom stereocenters. The Morgan fingerprint density at radius 2 is 2.24 bits per heavy atom. The number of benzene rings is 1. The van der Waals surface area contributed by atoms with Gasteiger partial charge in [-0.2, -0.15) is 0 Å². The number of hydrogen-bond acceptors (Lipinski definition) is 5. The molecule has 3 N–H and O–H groups in total. The average Bonchev–Trinajstić information content (AvgIpc) is 2.84. The van der Waals surface area contributed by atoms with Crippen molar-refractivity contribution < 1.29 is 17.9 Å². The number of hydrogen-bond donors (Lipinski definition) is 2. The highest BCUT2D eigenvalue weighted by atomic mass is 32.2. The summed E-state index contributed by atoms with van der Waals surface area (Å²) in [6.07, 6.45) is 0.132. The van der Waals surface area contributed by atoms with Crippen LogP contribution in [0.4, 0.5) is 11.4 Å². The van der Waals surface area contributed by atoms with Crippen molar-refractivity contribution in [3.8, 4) is 0 Å². The molecule has 116 valence electrons. The third-order valence-electron chi connectivity index (χ3n) is 3.55. The summed E-state index contributed by atoms with van der Waals surface area (Å²) in [6, 6.07) is 6.76. The second-order valence-electron chi connectivity index (χ2n) is 5.19. The predicted molar refractivity (Wildman–Crippen MR) is 81.7 cm³/mol. The number of ether oxygens (including phenoxy) is 1. The molecule has 0 radical (unpaired) electrons. The number of carbonyl (C=O) groups excluding carboxylic acids is 1. The Morgan fingerprint density at radius 1 is 1.48 bits per heavy atom. The van der Waals surface area contributed by atoms with Crippen molar-refractivity contribution in [2.24, 2.45) is 0 Å². The van der Waals surface area contributed by atoms with E-state index >= 15 is 0 Å². The van der Waals surface area contributed by atoms with Crippen LogP contribution >= 0.6 is 0 Å². The lowest BCUT2D eigenvalue weighted by Gasteiger charge is -2.14. The summed E-state index contributed by atoms with van der Waals surface area (Å²) in [6.45, 7) is 2.21. The summed E-state index contributed by atoms with van der Waals surface area (Å²) < 4.78 is 29.6. The number of nitrogens with one attached hydrogen (secondary N) is 1. The summed E-state index contributed by atoms with van der Waals surface area (Å²) in [7, 11) is -3.32. The Hall–Kier alpha value is -1.60. The SMILES string of the molecule is CC1OCCC1S(=O)(=O)CCC(=O)Nc1cccc(N)c1. The number of nitrogens with two attached hydrogens (primary N) is 1. The fourth-order valence-electron chi connectivity index (χ4n) is 2.41. The lowest BCUT2D eigenvalue weighted by molar-refractivity contribution is -0.115. The maximum atomic E-state index is 12.2. The van der Waals surface area contributed by atoms with Crippen molar-refractivity contribution in [1.29, 1.82) is 0 Å². The van der Waals surface area contributed by atoms with Crippen LogP contribution in [-0.2, 0) is 19.4 Å². The molecule has 0 aliphatic carbocycles. The van der Waals surface area contributed by atoms with Gasteiger partial charge in [-0.3, -0.25) is 4.79 Å². The first-order chi connectivity index (χ1) is 9.88. The van der Waals surface area contributed by atoms with Crippen molar-refractivity contribution in [2.75, 3.05) is 23.4 Å². The number of nitrogen functional groups attached to an aromatic ring is 1. The van der Waals surface area contributed by atoms with Crippen LogP contribution < -0.4 is 11.1 Å². The van der Waals surface area contributed by atoms with Crippen molar-refractivity contribution in [3.05, 3.63) is 24.3 Å². The van der Waals surface area contributed by atoms with Crippen LogP contribution in [0.15, 0.2) is 24.3 Å². The van der Waals surface area contributed by atoms with Gasteiger partial charge in [0.05, 0.1) is 17.1 Å². The van der Waals surface area contributed by atoms with Crippen LogP contribution in [0.25, 0.3) is 0 Å². The molecule has 0 saturated carbocycles. The molecule has 1 amide bonds. The van der Waals surface area contributed by atoms with Crippen molar-refractivity contribution >= 4 is 27.1 Å². The largest absolute Gasteiger partial charge is 0.399 e. The molecule has 6 nitrogen and oxygen atoms in total. The molecule has 1 fully saturated rings. The van der Waals surface area contributed by atoms with E-state index in [0.717, 1.165) is 0 Å². The fourth-order valence-corrected chi connectivity index (χ4v) is 4.30. The second-order valence-corrected chi connectivity index (χ2v) is 7.53. The number of rotatable bonds is 5. The second kappa shape index (κ2) is 6.44. The minimum Gasteiger partial charge on any atom is -0.399 e. The quantitative estimate of drug-likeness (QED) is 0.796. The van der Waals surface area contributed by atoms with E-state index in [4.69, 9.17) is 10.5 Å². The topological polar surface area (TPSA) is 98.5 Å². The van der Waals surface area contributed by atoms with E-state index in [2.05, 4.69) is 5.32 Å². The van der Waals surface area contributed by atoms with E-state index in [1.165, 1.54) is 0 Å². The molecule has 1 saturated heterocycles. The normalized spacial score (nSPS) is 22.1. The summed E-state index contributed by atoms with van der Waals surface area (Å²) in [5, 5.41) is 2.14. The van der Waals surface area contributed by atoms with Crippen LogP contribution in [0, 0.1) is 0 Å². The maximum Gasteiger partial charge on any atom is 0.225 e. The van der Waals surface area contributed by atoms with Gasteiger partial charge in [-0.25, -0.2) is 8.42 Å². The minimum absolute atomic E-state index is 0.0691. The molecular weight excluding hydrogens is 292 g/mol. The Balaban J connectivity index is 1.89. The fraction of sp³-hybridized carbons (Fsp3) is 0.500. The Morgan fingerprint density at radius 3 is 2.86 bits per heavy atom. The highest BCUT2D eigenvalue weighted by Crippen LogP contribution is 2.22. The average molecular weight is 312 g/mol. The molecule has 1 aliphatic rings. The van der Waals surface area contributed by atoms with E-state index in [1.54, 1.807) is 31.2 Å². The van der Waals surface area contributed by atoms with Crippen LogP contribution in [-0.4, -0.2) is 38.0 Å². The maximum absolute atomic E-state index is 12.2. The van der Waals surface area contributed by atoms with Crippen molar-refractivity contribution in [1.82, 2.24) is 0 Å². The van der Waals surface area contributed by atoms with Gasteiger partial charge in [-0.1, -0.05) is 6.07 Å². The predicted octanol–water partition coefficient (Wildman–Crippen LogP) is 1.19. The van der Waals surface area contributed by atoms with Gasteiger partial charge in [0.25, 0.3) is 0 Å². The summed E-state index contributed by atoms with van der Waals surface area (Å²) in [4.78, 5) is 11.8. The Labute approximate surface area is 124 Å². The molecule has 1 aliphatic heterocycles. The van der Waals surface area contributed by atoms with Gasteiger partial charge in [-0.15, -0.1) is 0 Å². The van der Waals surface area contributed by atoms with E-state index in [-0.39, 0.29) is 24.2 Å². The first-order valence-electron chi connectivity index (χ1n) is 6.87. The molecule has 1 aromatic rings. The minimum atomic E-state index is -3.32. The lowest BCUT2D eigenvalue weighted by Crippen LogP contribution is -2.31. The monoisotopic (exact) mass is 312 g/mol. The van der Waals surface area contributed by atoms with Crippen molar-refractivity contribution in [2.45, 2.75) is 31.1 Å². The van der Waals surface area contributed by atoms with E-state index < -0.39 is 15.1 Å². The Kier molecular flexibility index (Phi) is 4.84. The van der Waals surface area contributed by atoms with Crippen molar-refractivity contribution in [3.63, 3.8) is 0 Å². The Bertz CT molecular complexity index is 615. The van der Waals surface area contributed by atoms with E-state index in [1.807, 2.05) is 0 Å². The number of anilines is 2. The van der Waals surface area contributed by atoms with Gasteiger partial charge in [0.2, 0.25) is 5.91 Å². The molecule has 2 atom stereocenters. The number of carbonyl (C=O) groups is 1. The van der Waals surface area contributed by atoms with Crippen LogP contribution in [0.5, 0.6) is 0 Å². The van der Waals surface area contributed by atoms with Gasteiger partial charge >= 0.3 is 0 Å². The van der Waals surface area contributed by atoms with E-state index in [0.29, 0.717) is 24.4 Å². The molecule has 2 rings (SSSR count). The third-order valence-corrected chi connectivity index (χ3v) is 5.87. The number of sulfone groups is 1. The van der Waals surface area contributed by atoms with Gasteiger partial charge in [0.1, 0.15) is 0 Å². The van der Waals surface area contributed by atoms with Gasteiger partial charge in [0.15, 0.2) is 9.84 Å². The van der Waals surface area contributed by atoms with Gasteiger partial charge in [-0.05, 0) is 31.5 Å². The van der Waals surface area contributed by atoms with Crippen LogP contribution in [0.1, 0.15) is 19.8 Å². The standard InChI is InChI=1S/C14H20N2O4S/c1-10-13(5-7-20-10)21(18,19)8-6-14(17)16-12-4-2-3-11(15)9-12/h2-4,9-10,13H,5-8,15H2,1H3,(H,16,17). The molecular formula is C14H20N2O4S. The zero-order valence-electron chi connectivity index (χ0n) is 11.9. The smallest absolute Gasteiger partial charge is 0.225 e. The zero-order chi connectivity index (χ0) is 15.5. The summed E-state index contributed by atoms with van der Waals surface area (Å²) >= 11 is 0. The molecule has 0 bridgehead atoms. The molecule has 1 heterocycles. The molecule has 0 spiro atoms. The molecule has 7 heteroatoms.